The topological polar surface area (TPSA) is 29.3 Å². The third-order valence-electron chi connectivity index (χ3n) is 4.63. The van der Waals surface area contributed by atoms with Crippen LogP contribution in [0.4, 0.5) is 0 Å². The maximum atomic E-state index is 5.94. The Labute approximate surface area is 94.2 Å². The van der Waals surface area contributed by atoms with Crippen LogP contribution in [0.3, 0.4) is 0 Å². The predicted molar refractivity (Wildman–Crippen MR) is 64.8 cm³/mol. The highest BCUT2D eigenvalue weighted by atomic mass is 15.2. The van der Waals surface area contributed by atoms with Crippen molar-refractivity contribution in [2.45, 2.75) is 51.5 Å². The maximum Gasteiger partial charge on any atom is 0.0246 e. The minimum absolute atomic E-state index is 0.705. The average Bonchev–Trinajstić information content (AvgIpc) is 2.23. The first-order valence-electron chi connectivity index (χ1n) is 6.79. The van der Waals surface area contributed by atoms with E-state index in [1.165, 1.54) is 51.6 Å². The first kappa shape index (κ1) is 11.4. The van der Waals surface area contributed by atoms with Gasteiger partial charge in [-0.15, -0.1) is 0 Å². The minimum atomic E-state index is 0.705. The highest BCUT2D eigenvalue weighted by Crippen LogP contribution is 2.33. The van der Waals surface area contributed by atoms with Crippen LogP contribution >= 0.6 is 0 Å². The van der Waals surface area contributed by atoms with Gasteiger partial charge in [0.2, 0.25) is 0 Å². The molecule has 1 saturated carbocycles. The van der Waals surface area contributed by atoms with Gasteiger partial charge in [0.05, 0.1) is 0 Å². The van der Waals surface area contributed by atoms with Crippen molar-refractivity contribution in [2.75, 3.05) is 19.6 Å². The molecule has 0 aromatic carbocycles. The highest BCUT2D eigenvalue weighted by Gasteiger charge is 2.32. The molecular weight excluding hydrogens is 184 g/mol. The molecule has 1 aliphatic carbocycles. The van der Waals surface area contributed by atoms with E-state index in [1.54, 1.807) is 0 Å². The van der Waals surface area contributed by atoms with Crippen molar-refractivity contribution in [3.8, 4) is 0 Å². The molecular formula is C13H26N2. The summed E-state index contributed by atoms with van der Waals surface area (Å²) in [6.07, 6.45) is 8.46. The molecule has 88 valence electrons. The molecule has 0 amide bonds. The zero-order valence-electron chi connectivity index (χ0n) is 10.1. The van der Waals surface area contributed by atoms with Crippen LogP contribution in [0.2, 0.25) is 0 Å². The second kappa shape index (κ2) is 5.31. The molecule has 2 heteroatoms. The van der Waals surface area contributed by atoms with E-state index in [4.69, 9.17) is 5.73 Å². The van der Waals surface area contributed by atoms with Crippen molar-refractivity contribution in [3.63, 3.8) is 0 Å². The number of hydrogen-bond donors (Lipinski definition) is 1. The van der Waals surface area contributed by atoms with Gasteiger partial charge in [-0.2, -0.15) is 0 Å². The van der Waals surface area contributed by atoms with Crippen molar-refractivity contribution in [1.29, 1.82) is 0 Å². The molecule has 2 nitrogen and oxygen atoms in total. The molecule has 1 atom stereocenters. The molecule has 1 unspecified atom stereocenters. The predicted octanol–water partition coefficient (Wildman–Crippen LogP) is 2.24. The van der Waals surface area contributed by atoms with Crippen LogP contribution in [0.15, 0.2) is 0 Å². The summed E-state index contributed by atoms with van der Waals surface area (Å²) < 4.78 is 0. The lowest BCUT2D eigenvalue weighted by Gasteiger charge is -2.43. The molecule has 2 rings (SSSR count). The zero-order valence-corrected chi connectivity index (χ0v) is 10.1. The minimum Gasteiger partial charge on any atom is -0.329 e. The van der Waals surface area contributed by atoms with Crippen LogP contribution in [-0.4, -0.2) is 30.6 Å². The Morgan fingerprint density at radius 1 is 1.20 bits per heavy atom. The van der Waals surface area contributed by atoms with E-state index in [1.807, 2.05) is 0 Å². The van der Waals surface area contributed by atoms with Crippen LogP contribution in [0, 0.1) is 11.8 Å². The third-order valence-corrected chi connectivity index (χ3v) is 4.63. The Morgan fingerprint density at radius 2 is 1.87 bits per heavy atom. The highest BCUT2D eigenvalue weighted by molar-refractivity contribution is 4.87. The Kier molecular flexibility index (Phi) is 4.04. The zero-order chi connectivity index (χ0) is 10.7. The summed E-state index contributed by atoms with van der Waals surface area (Å²) in [7, 11) is 0. The van der Waals surface area contributed by atoms with Gasteiger partial charge in [-0.1, -0.05) is 19.8 Å². The first-order valence-corrected chi connectivity index (χ1v) is 6.79. The molecule has 1 saturated heterocycles. The summed E-state index contributed by atoms with van der Waals surface area (Å²) in [5.74, 6) is 1.91. The van der Waals surface area contributed by atoms with Crippen LogP contribution in [0.5, 0.6) is 0 Å². The molecule has 2 N–H and O–H groups in total. The standard InChI is InChI=1S/C13H26N2/c1-2-11-6-8-15(9-7-11)13(10-14)12-4-3-5-12/h11-13H,2-10,14H2,1H3. The van der Waals surface area contributed by atoms with Crippen LogP contribution in [0.25, 0.3) is 0 Å². The number of nitrogens with two attached hydrogens (primary N) is 1. The molecule has 1 aliphatic heterocycles. The molecule has 0 aromatic rings. The van der Waals surface area contributed by atoms with E-state index < -0.39 is 0 Å². The fourth-order valence-electron chi connectivity index (χ4n) is 3.16. The van der Waals surface area contributed by atoms with Crippen molar-refractivity contribution < 1.29 is 0 Å². The van der Waals surface area contributed by atoms with E-state index in [9.17, 15) is 0 Å². The fourth-order valence-corrected chi connectivity index (χ4v) is 3.16. The van der Waals surface area contributed by atoms with Gasteiger partial charge in [0, 0.05) is 12.6 Å². The van der Waals surface area contributed by atoms with Crippen molar-refractivity contribution in [2.24, 2.45) is 17.6 Å². The number of rotatable bonds is 4. The first-order chi connectivity index (χ1) is 7.35. The Balaban J connectivity index is 1.81. The Hall–Kier alpha value is -0.0800. The maximum absolute atomic E-state index is 5.94. The molecule has 1 heterocycles. The largest absolute Gasteiger partial charge is 0.329 e. The van der Waals surface area contributed by atoms with Gasteiger partial charge in [-0.3, -0.25) is 4.90 Å². The Bertz CT molecular complexity index is 181. The summed E-state index contributed by atoms with van der Waals surface area (Å²) in [6.45, 7) is 5.81. The van der Waals surface area contributed by atoms with E-state index in [0.29, 0.717) is 6.04 Å². The summed E-state index contributed by atoms with van der Waals surface area (Å²) >= 11 is 0. The van der Waals surface area contributed by atoms with E-state index in [0.717, 1.165) is 18.4 Å². The van der Waals surface area contributed by atoms with Crippen LogP contribution < -0.4 is 5.73 Å². The normalized spacial score (nSPS) is 27.6. The van der Waals surface area contributed by atoms with Crippen molar-refractivity contribution in [3.05, 3.63) is 0 Å². The molecule has 0 bridgehead atoms. The summed E-state index contributed by atoms with van der Waals surface area (Å²) in [6, 6.07) is 0.705. The lowest BCUT2D eigenvalue weighted by atomic mass is 9.78. The molecule has 0 aromatic heterocycles. The quantitative estimate of drug-likeness (QED) is 0.771. The SMILES string of the molecule is CCC1CCN(C(CN)C2CCC2)CC1. The van der Waals surface area contributed by atoms with Gasteiger partial charge in [0.1, 0.15) is 0 Å². The van der Waals surface area contributed by atoms with Gasteiger partial charge < -0.3 is 5.73 Å². The number of likely N-dealkylation sites (tertiary alicyclic amines) is 1. The lowest BCUT2D eigenvalue weighted by Crippen LogP contribution is -2.50. The third kappa shape index (κ3) is 2.54. The fraction of sp³-hybridized carbons (Fsp3) is 1.00. The molecule has 0 spiro atoms. The van der Waals surface area contributed by atoms with Crippen LogP contribution in [-0.2, 0) is 0 Å². The van der Waals surface area contributed by atoms with Gasteiger partial charge >= 0.3 is 0 Å². The molecule has 2 fully saturated rings. The van der Waals surface area contributed by atoms with E-state index in [2.05, 4.69) is 11.8 Å². The monoisotopic (exact) mass is 210 g/mol. The van der Waals surface area contributed by atoms with Gasteiger partial charge in [0.15, 0.2) is 0 Å². The van der Waals surface area contributed by atoms with Gasteiger partial charge in [-0.05, 0) is 50.6 Å². The number of nitrogens with zero attached hydrogens (tertiary/aromatic N) is 1. The Morgan fingerprint density at radius 3 is 2.27 bits per heavy atom. The van der Waals surface area contributed by atoms with Crippen molar-refractivity contribution in [1.82, 2.24) is 4.90 Å². The second-order valence-corrected chi connectivity index (χ2v) is 5.38. The van der Waals surface area contributed by atoms with E-state index in [-0.39, 0.29) is 0 Å². The average molecular weight is 210 g/mol. The van der Waals surface area contributed by atoms with Crippen LogP contribution in [0.1, 0.15) is 45.4 Å². The lowest BCUT2D eigenvalue weighted by molar-refractivity contribution is 0.0673. The smallest absolute Gasteiger partial charge is 0.0246 e. The number of piperidine rings is 1. The molecule has 15 heavy (non-hydrogen) atoms. The summed E-state index contributed by atoms with van der Waals surface area (Å²) in [5.41, 5.74) is 5.94. The van der Waals surface area contributed by atoms with Gasteiger partial charge in [-0.25, -0.2) is 0 Å². The van der Waals surface area contributed by atoms with E-state index >= 15 is 0 Å². The molecule has 2 aliphatic rings. The summed E-state index contributed by atoms with van der Waals surface area (Å²) in [5, 5.41) is 0. The van der Waals surface area contributed by atoms with Crippen molar-refractivity contribution >= 4 is 0 Å². The summed E-state index contributed by atoms with van der Waals surface area (Å²) in [4.78, 5) is 2.68. The van der Waals surface area contributed by atoms with Gasteiger partial charge in [0.25, 0.3) is 0 Å². The second-order valence-electron chi connectivity index (χ2n) is 5.38. The number of hydrogen-bond acceptors (Lipinski definition) is 2. The molecule has 0 radical (unpaired) electrons.